The lowest BCUT2D eigenvalue weighted by Gasteiger charge is -2.04. The maximum Gasteiger partial charge on any atom is 0.220 e. The minimum absolute atomic E-state index is 0.0981. The van der Waals surface area contributed by atoms with Gasteiger partial charge in [-0.25, -0.2) is 0 Å². The summed E-state index contributed by atoms with van der Waals surface area (Å²) in [4.78, 5) is 11.4. The van der Waals surface area contributed by atoms with Crippen molar-refractivity contribution in [3.05, 3.63) is 48.2 Å². The van der Waals surface area contributed by atoms with Gasteiger partial charge in [-0.3, -0.25) is 4.79 Å². The van der Waals surface area contributed by atoms with Crippen LogP contribution in [0, 0.1) is 0 Å². The third-order valence-corrected chi connectivity index (χ3v) is 2.75. The highest BCUT2D eigenvalue weighted by Gasteiger charge is 2.04. The largest absolute Gasteiger partial charge is 0.464 e. The number of amides is 1. The van der Waals surface area contributed by atoms with Crippen LogP contribution in [0.5, 0.6) is 0 Å². The molecule has 0 spiro atoms. The molecule has 0 bridgehead atoms. The Kier molecular flexibility index (Phi) is 4.18. The standard InChI is InChI=1S/C15H17NO2/c1-2-16-15(17)9-8-12-5-3-6-13(11-12)14-7-4-10-18-14/h3-7,10-11H,2,8-9H2,1H3,(H,16,17). The zero-order valence-corrected chi connectivity index (χ0v) is 10.5. The molecular formula is C15H17NO2. The smallest absolute Gasteiger partial charge is 0.220 e. The van der Waals surface area contributed by atoms with Crippen LogP contribution >= 0.6 is 0 Å². The molecular weight excluding hydrogens is 226 g/mol. The van der Waals surface area contributed by atoms with Crippen LogP contribution in [-0.2, 0) is 11.2 Å². The zero-order chi connectivity index (χ0) is 12.8. The Bertz CT molecular complexity index is 503. The Morgan fingerprint density at radius 3 is 2.89 bits per heavy atom. The van der Waals surface area contributed by atoms with E-state index in [2.05, 4.69) is 11.4 Å². The number of rotatable bonds is 5. The summed E-state index contributed by atoms with van der Waals surface area (Å²) in [6.07, 6.45) is 2.94. The van der Waals surface area contributed by atoms with Gasteiger partial charge >= 0.3 is 0 Å². The number of hydrogen-bond donors (Lipinski definition) is 1. The van der Waals surface area contributed by atoms with E-state index in [0.29, 0.717) is 13.0 Å². The van der Waals surface area contributed by atoms with Gasteiger partial charge in [0.25, 0.3) is 0 Å². The first-order chi connectivity index (χ1) is 8.79. The average molecular weight is 243 g/mol. The zero-order valence-electron chi connectivity index (χ0n) is 10.5. The van der Waals surface area contributed by atoms with Crippen molar-refractivity contribution in [2.45, 2.75) is 19.8 Å². The molecule has 1 amide bonds. The lowest BCUT2D eigenvalue weighted by atomic mass is 10.0. The van der Waals surface area contributed by atoms with Gasteiger partial charge in [-0.15, -0.1) is 0 Å². The van der Waals surface area contributed by atoms with E-state index < -0.39 is 0 Å². The molecule has 3 heteroatoms. The van der Waals surface area contributed by atoms with E-state index in [4.69, 9.17) is 4.42 Å². The van der Waals surface area contributed by atoms with E-state index in [-0.39, 0.29) is 5.91 Å². The maximum absolute atomic E-state index is 11.4. The van der Waals surface area contributed by atoms with E-state index in [9.17, 15) is 4.79 Å². The lowest BCUT2D eigenvalue weighted by molar-refractivity contribution is -0.120. The van der Waals surface area contributed by atoms with E-state index in [1.807, 2.05) is 37.3 Å². The molecule has 94 valence electrons. The van der Waals surface area contributed by atoms with Gasteiger partial charge in [-0.2, -0.15) is 0 Å². The first-order valence-electron chi connectivity index (χ1n) is 6.19. The van der Waals surface area contributed by atoms with Crippen molar-refractivity contribution < 1.29 is 9.21 Å². The second-order valence-electron chi connectivity index (χ2n) is 4.13. The van der Waals surface area contributed by atoms with E-state index >= 15 is 0 Å². The summed E-state index contributed by atoms with van der Waals surface area (Å²) in [6.45, 7) is 2.61. The van der Waals surface area contributed by atoms with Crippen LogP contribution in [0.3, 0.4) is 0 Å². The number of carbonyl (C=O) groups is 1. The molecule has 1 N–H and O–H groups in total. The molecule has 0 aliphatic carbocycles. The van der Waals surface area contributed by atoms with Crippen molar-refractivity contribution in [1.82, 2.24) is 5.32 Å². The Balaban J connectivity index is 2.02. The summed E-state index contributed by atoms with van der Waals surface area (Å²) in [7, 11) is 0. The van der Waals surface area contributed by atoms with Gasteiger partial charge in [-0.05, 0) is 37.1 Å². The van der Waals surface area contributed by atoms with Gasteiger partial charge in [0, 0.05) is 18.5 Å². The quantitative estimate of drug-likeness (QED) is 0.877. The third-order valence-electron chi connectivity index (χ3n) is 2.75. The predicted octanol–water partition coefficient (Wildman–Crippen LogP) is 3.02. The normalized spacial score (nSPS) is 10.3. The monoisotopic (exact) mass is 243 g/mol. The van der Waals surface area contributed by atoms with E-state index in [0.717, 1.165) is 23.3 Å². The highest BCUT2D eigenvalue weighted by molar-refractivity contribution is 5.76. The topological polar surface area (TPSA) is 42.2 Å². The molecule has 0 saturated carbocycles. The Morgan fingerprint density at radius 2 is 2.17 bits per heavy atom. The molecule has 0 atom stereocenters. The molecule has 0 radical (unpaired) electrons. The van der Waals surface area contributed by atoms with Gasteiger partial charge in [0.05, 0.1) is 6.26 Å². The van der Waals surface area contributed by atoms with Crippen molar-refractivity contribution in [2.24, 2.45) is 0 Å². The van der Waals surface area contributed by atoms with E-state index in [1.165, 1.54) is 0 Å². The summed E-state index contributed by atoms with van der Waals surface area (Å²) in [5, 5.41) is 2.80. The molecule has 2 aromatic rings. The van der Waals surface area contributed by atoms with Crippen molar-refractivity contribution in [3.8, 4) is 11.3 Å². The third kappa shape index (κ3) is 3.23. The molecule has 2 rings (SSSR count). The van der Waals surface area contributed by atoms with Gasteiger partial charge in [0.15, 0.2) is 0 Å². The fraction of sp³-hybridized carbons (Fsp3) is 0.267. The SMILES string of the molecule is CCNC(=O)CCc1cccc(-c2ccco2)c1. The second-order valence-corrected chi connectivity index (χ2v) is 4.13. The first kappa shape index (κ1) is 12.4. The fourth-order valence-corrected chi connectivity index (χ4v) is 1.87. The molecule has 1 heterocycles. The lowest BCUT2D eigenvalue weighted by Crippen LogP contribution is -2.22. The molecule has 18 heavy (non-hydrogen) atoms. The fourth-order valence-electron chi connectivity index (χ4n) is 1.87. The van der Waals surface area contributed by atoms with Gasteiger partial charge in [-0.1, -0.05) is 18.2 Å². The highest BCUT2D eigenvalue weighted by atomic mass is 16.3. The predicted molar refractivity (Wildman–Crippen MR) is 71.1 cm³/mol. The minimum Gasteiger partial charge on any atom is -0.464 e. The van der Waals surface area contributed by atoms with Gasteiger partial charge < -0.3 is 9.73 Å². The van der Waals surface area contributed by atoms with Crippen LogP contribution < -0.4 is 5.32 Å². The number of carbonyl (C=O) groups excluding carboxylic acids is 1. The summed E-state index contributed by atoms with van der Waals surface area (Å²) in [6, 6.07) is 11.9. The average Bonchev–Trinajstić information content (AvgIpc) is 2.91. The first-order valence-corrected chi connectivity index (χ1v) is 6.19. The molecule has 0 saturated heterocycles. The summed E-state index contributed by atoms with van der Waals surface area (Å²) in [5.41, 5.74) is 2.20. The molecule has 3 nitrogen and oxygen atoms in total. The van der Waals surface area contributed by atoms with Crippen molar-refractivity contribution >= 4 is 5.91 Å². The maximum atomic E-state index is 11.4. The summed E-state index contributed by atoms with van der Waals surface area (Å²) < 4.78 is 5.36. The molecule has 0 fully saturated rings. The van der Waals surface area contributed by atoms with Crippen LogP contribution in [-0.4, -0.2) is 12.5 Å². The minimum atomic E-state index is 0.0981. The molecule has 1 aromatic carbocycles. The van der Waals surface area contributed by atoms with Crippen molar-refractivity contribution in [1.29, 1.82) is 0 Å². The Labute approximate surface area is 107 Å². The highest BCUT2D eigenvalue weighted by Crippen LogP contribution is 2.21. The van der Waals surface area contributed by atoms with Crippen LogP contribution in [0.15, 0.2) is 47.1 Å². The van der Waals surface area contributed by atoms with Crippen molar-refractivity contribution in [3.63, 3.8) is 0 Å². The van der Waals surface area contributed by atoms with Crippen LogP contribution in [0.4, 0.5) is 0 Å². The van der Waals surface area contributed by atoms with Crippen LogP contribution in [0.25, 0.3) is 11.3 Å². The second kappa shape index (κ2) is 6.05. The number of nitrogens with one attached hydrogen (secondary N) is 1. The van der Waals surface area contributed by atoms with Gasteiger partial charge in [0.1, 0.15) is 5.76 Å². The van der Waals surface area contributed by atoms with E-state index in [1.54, 1.807) is 6.26 Å². The number of benzene rings is 1. The van der Waals surface area contributed by atoms with Crippen LogP contribution in [0.2, 0.25) is 0 Å². The molecule has 0 aliphatic heterocycles. The van der Waals surface area contributed by atoms with Crippen molar-refractivity contribution in [2.75, 3.05) is 6.54 Å². The number of aryl methyl sites for hydroxylation is 1. The Hall–Kier alpha value is -2.03. The Morgan fingerprint density at radius 1 is 1.28 bits per heavy atom. The van der Waals surface area contributed by atoms with Gasteiger partial charge in [0.2, 0.25) is 5.91 Å². The number of furan rings is 1. The summed E-state index contributed by atoms with van der Waals surface area (Å²) in [5.74, 6) is 0.954. The molecule has 0 aliphatic rings. The van der Waals surface area contributed by atoms with Crippen LogP contribution in [0.1, 0.15) is 18.9 Å². The molecule has 1 aromatic heterocycles. The number of hydrogen-bond acceptors (Lipinski definition) is 2. The molecule has 0 unspecified atom stereocenters. The summed E-state index contributed by atoms with van der Waals surface area (Å²) >= 11 is 0.